The summed E-state index contributed by atoms with van der Waals surface area (Å²) >= 11 is 0. The van der Waals surface area contributed by atoms with E-state index in [1.54, 1.807) is 43.5 Å². The van der Waals surface area contributed by atoms with Gasteiger partial charge >= 0.3 is 5.97 Å². The molecule has 0 heterocycles. The Morgan fingerprint density at radius 3 is 2.35 bits per heavy atom. The average molecular weight is 270 g/mol. The minimum absolute atomic E-state index is 0.593. The molecule has 2 rings (SSSR count). The van der Waals surface area contributed by atoms with Gasteiger partial charge in [-0.1, -0.05) is 18.2 Å². The first-order valence-electron chi connectivity index (χ1n) is 6.01. The maximum absolute atomic E-state index is 10.6. The van der Waals surface area contributed by atoms with E-state index in [1.165, 1.54) is 6.08 Å². The van der Waals surface area contributed by atoms with Crippen LogP contribution in [0.4, 0.5) is 0 Å². The maximum Gasteiger partial charge on any atom is 0.328 e. The van der Waals surface area contributed by atoms with Gasteiger partial charge < -0.3 is 14.6 Å². The molecule has 0 atom stereocenters. The van der Waals surface area contributed by atoms with Crippen LogP contribution in [0.25, 0.3) is 6.08 Å². The normalized spacial score (nSPS) is 10.4. The topological polar surface area (TPSA) is 55.8 Å². The Kier molecular flexibility index (Phi) is 4.39. The van der Waals surface area contributed by atoms with Gasteiger partial charge in [0.25, 0.3) is 0 Å². The molecule has 0 bridgehead atoms. The Hall–Kier alpha value is -2.75. The molecule has 4 heteroatoms. The zero-order valence-corrected chi connectivity index (χ0v) is 10.9. The summed E-state index contributed by atoms with van der Waals surface area (Å²) in [5, 5.41) is 8.67. The van der Waals surface area contributed by atoms with Gasteiger partial charge in [-0.25, -0.2) is 4.79 Å². The molecule has 102 valence electrons. The van der Waals surface area contributed by atoms with Crippen molar-refractivity contribution < 1.29 is 19.4 Å². The lowest BCUT2D eigenvalue weighted by atomic mass is 10.2. The van der Waals surface area contributed by atoms with E-state index in [-0.39, 0.29) is 0 Å². The van der Waals surface area contributed by atoms with E-state index in [0.29, 0.717) is 17.1 Å². The Morgan fingerprint density at radius 1 is 1.05 bits per heavy atom. The van der Waals surface area contributed by atoms with Gasteiger partial charge in [-0.2, -0.15) is 0 Å². The second kappa shape index (κ2) is 6.43. The minimum atomic E-state index is -0.996. The van der Waals surface area contributed by atoms with E-state index in [0.717, 1.165) is 11.8 Å². The monoisotopic (exact) mass is 270 g/mol. The van der Waals surface area contributed by atoms with Gasteiger partial charge in [-0.15, -0.1) is 0 Å². The van der Waals surface area contributed by atoms with Gasteiger partial charge in [-0.3, -0.25) is 0 Å². The first kappa shape index (κ1) is 13.7. The molecule has 0 radical (unpaired) electrons. The van der Waals surface area contributed by atoms with Crippen LogP contribution in [0.3, 0.4) is 0 Å². The van der Waals surface area contributed by atoms with Gasteiger partial charge in [0, 0.05) is 11.6 Å². The van der Waals surface area contributed by atoms with Crippen molar-refractivity contribution in [3.05, 3.63) is 60.2 Å². The molecule has 0 aliphatic heterocycles. The number of carbonyl (C=O) groups is 1. The molecule has 4 nitrogen and oxygen atoms in total. The van der Waals surface area contributed by atoms with E-state index in [4.69, 9.17) is 14.6 Å². The molecular formula is C16H14O4. The number of rotatable bonds is 5. The SMILES string of the molecule is COc1ccc(Oc2ccccc2/C=C/C(=O)O)cc1. The summed E-state index contributed by atoms with van der Waals surface area (Å²) in [5.41, 5.74) is 0.700. The van der Waals surface area contributed by atoms with E-state index < -0.39 is 5.97 Å². The van der Waals surface area contributed by atoms with Crippen LogP contribution in [0.1, 0.15) is 5.56 Å². The third kappa shape index (κ3) is 3.62. The molecule has 0 saturated carbocycles. The predicted molar refractivity (Wildman–Crippen MR) is 76.2 cm³/mol. The number of ether oxygens (including phenoxy) is 2. The molecular weight excluding hydrogens is 256 g/mol. The van der Waals surface area contributed by atoms with Crippen molar-refractivity contribution in [1.29, 1.82) is 0 Å². The largest absolute Gasteiger partial charge is 0.497 e. The maximum atomic E-state index is 10.6. The molecule has 2 aromatic carbocycles. The van der Waals surface area contributed by atoms with Crippen molar-refractivity contribution in [3.63, 3.8) is 0 Å². The van der Waals surface area contributed by atoms with E-state index in [9.17, 15) is 4.79 Å². The van der Waals surface area contributed by atoms with Crippen LogP contribution < -0.4 is 9.47 Å². The standard InChI is InChI=1S/C16H14O4/c1-19-13-7-9-14(10-8-13)20-15-5-3-2-4-12(15)6-11-16(17)18/h2-11H,1H3,(H,17,18)/b11-6+. The van der Waals surface area contributed by atoms with Crippen LogP contribution in [-0.4, -0.2) is 18.2 Å². The van der Waals surface area contributed by atoms with Gasteiger partial charge in [0.15, 0.2) is 0 Å². The zero-order valence-electron chi connectivity index (χ0n) is 10.9. The Labute approximate surface area is 116 Å². The number of benzene rings is 2. The van der Waals surface area contributed by atoms with Crippen molar-refractivity contribution in [2.75, 3.05) is 7.11 Å². The molecule has 0 aromatic heterocycles. The third-order valence-corrected chi connectivity index (χ3v) is 2.61. The van der Waals surface area contributed by atoms with E-state index in [2.05, 4.69) is 0 Å². The fourth-order valence-corrected chi connectivity index (χ4v) is 1.64. The highest BCUT2D eigenvalue weighted by Gasteiger charge is 2.02. The molecule has 20 heavy (non-hydrogen) atoms. The smallest absolute Gasteiger partial charge is 0.328 e. The van der Waals surface area contributed by atoms with E-state index in [1.807, 2.05) is 12.1 Å². The predicted octanol–water partition coefficient (Wildman–Crippen LogP) is 3.59. The summed E-state index contributed by atoms with van der Waals surface area (Å²) in [6.07, 6.45) is 2.58. The highest BCUT2D eigenvalue weighted by molar-refractivity contribution is 5.85. The summed E-state index contributed by atoms with van der Waals surface area (Å²) in [7, 11) is 1.60. The first-order valence-corrected chi connectivity index (χ1v) is 6.01. The Bertz CT molecular complexity index is 615. The average Bonchev–Trinajstić information content (AvgIpc) is 2.47. The molecule has 0 fully saturated rings. The molecule has 0 aliphatic carbocycles. The van der Waals surface area contributed by atoms with Crippen molar-refractivity contribution in [2.24, 2.45) is 0 Å². The van der Waals surface area contributed by atoms with E-state index >= 15 is 0 Å². The van der Waals surface area contributed by atoms with Crippen LogP contribution in [0.15, 0.2) is 54.6 Å². The van der Waals surface area contributed by atoms with Crippen LogP contribution in [-0.2, 0) is 4.79 Å². The molecule has 0 unspecified atom stereocenters. The zero-order chi connectivity index (χ0) is 14.4. The fraction of sp³-hybridized carbons (Fsp3) is 0.0625. The molecule has 0 aliphatic rings. The summed E-state index contributed by atoms with van der Waals surface area (Å²) in [6.45, 7) is 0. The molecule has 0 amide bonds. The number of hydrogen-bond donors (Lipinski definition) is 1. The number of hydrogen-bond acceptors (Lipinski definition) is 3. The van der Waals surface area contributed by atoms with Crippen molar-refractivity contribution in [2.45, 2.75) is 0 Å². The van der Waals surface area contributed by atoms with Crippen LogP contribution in [0, 0.1) is 0 Å². The van der Waals surface area contributed by atoms with Crippen molar-refractivity contribution >= 4 is 12.0 Å². The highest BCUT2D eigenvalue weighted by Crippen LogP contribution is 2.27. The molecule has 0 spiro atoms. The van der Waals surface area contributed by atoms with Crippen molar-refractivity contribution in [3.8, 4) is 17.2 Å². The minimum Gasteiger partial charge on any atom is -0.497 e. The number of carboxylic acid groups (broad SMARTS) is 1. The molecule has 1 N–H and O–H groups in total. The quantitative estimate of drug-likeness (QED) is 0.844. The Morgan fingerprint density at radius 2 is 1.70 bits per heavy atom. The summed E-state index contributed by atoms with van der Waals surface area (Å²) in [6, 6.07) is 14.4. The second-order valence-corrected chi connectivity index (χ2v) is 3.99. The summed E-state index contributed by atoms with van der Waals surface area (Å²) in [5.74, 6) is 0.998. The molecule has 0 saturated heterocycles. The lowest BCUT2D eigenvalue weighted by Gasteiger charge is -2.09. The van der Waals surface area contributed by atoms with Gasteiger partial charge in [0.1, 0.15) is 17.2 Å². The van der Waals surface area contributed by atoms with Crippen molar-refractivity contribution in [1.82, 2.24) is 0 Å². The number of para-hydroxylation sites is 1. The van der Waals surface area contributed by atoms with Gasteiger partial charge in [0.05, 0.1) is 7.11 Å². The molecule has 2 aromatic rings. The van der Waals surface area contributed by atoms with Crippen LogP contribution in [0.2, 0.25) is 0 Å². The Balaban J connectivity index is 2.21. The van der Waals surface area contributed by atoms with Gasteiger partial charge in [-0.05, 0) is 36.4 Å². The number of methoxy groups -OCH3 is 1. The second-order valence-electron chi connectivity index (χ2n) is 3.99. The van der Waals surface area contributed by atoms with Crippen LogP contribution >= 0.6 is 0 Å². The highest BCUT2D eigenvalue weighted by atomic mass is 16.5. The first-order chi connectivity index (χ1) is 9.69. The third-order valence-electron chi connectivity index (χ3n) is 2.61. The lowest BCUT2D eigenvalue weighted by molar-refractivity contribution is -0.131. The lowest BCUT2D eigenvalue weighted by Crippen LogP contribution is -1.90. The summed E-state index contributed by atoms with van der Waals surface area (Å²) < 4.78 is 10.8. The van der Waals surface area contributed by atoms with Crippen LogP contribution in [0.5, 0.6) is 17.2 Å². The fourth-order valence-electron chi connectivity index (χ4n) is 1.64. The summed E-state index contributed by atoms with van der Waals surface area (Å²) in [4.78, 5) is 10.6. The number of aliphatic carboxylic acids is 1. The van der Waals surface area contributed by atoms with Gasteiger partial charge in [0.2, 0.25) is 0 Å². The number of carboxylic acids is 1.